The van der Waals surface area contributed by atoms with Gasteiger partial charge >= 0.3 is 0 Å². The van der Waals surface area contributed by atoms with Gasteiger partial charge in [0.15, 0.2) is 0 Å². The maximum absolute atomic E-state index is 12.9. The molecule has 14 heteroatoms. The molecule has 0 bridgehead atoms. The molecule has 3 aromatic rings. The summed E-state index contributed by atoms with van der Waals surface area (Å²) in [5.74, 6) is -0.536. The van der Waals surface area contributed by atoms with E-state index >= 15 is 0 Å². The van der Waals surface area contributed by atoms with Gasteiger partial charge in [-0.05, 0) is 18.6 Å². The number of benzene rings is 1. The first kappa shape index (κ1) is 24.4. The highest BCUT2D eigenvalue weighted by molar-refractivity contribution is 7.92. The molecule has 0 aliphatic rings. The average Bonchev–Trinajstić information content (AvgIpc) is 3.16. The van der Waals surface area contributed by atoms with E-state index in [1.807, 2.05) is 0 Å². The molecule has 2 aromatic heterocycles. The minimum Gasteiger partial charge on any atom is -0.363 e. The van der Waals surface area contributed by atoms with Crippen molar-refractivity contribution in [3.05, 3.63) is 39.4 Å². The van der Waals surface area contributed by atoms with E-state index in [2.05, 4.69) is 25.3 Å². The molecule has 172 valence electrons. The maximum atomic E-state index is 12.9. The molecule has 3 N–H and O–H groups in total. The summed E-state index contributed by atoms with van der Waals surface area (Å²) in [6, 6.07) is 2.79. The van der Waals surface area contributed by atoms with Crippen LogP contribution in [0.1, 0.15) is 23.7 Å². The summed E-state index contributed by atoms with van der Waals surface area (Å²) in [6.45, 7) is 1.12. The fourth-order valence-corrected chi connectivity index (χ4v) is 5.40. The number of hydrogen-bond donors (Lipinski definition) is 3. The number of sulfonamides is 1. The van der Waals surface area contributed by atoms with Crippen LogP contribution >= 0.6 is 34.5 Å². The van der Waals surface area contributed by atoms with Crippen LogP contribution in [0.4, 0.5) is 26.0 Å². The molecule has 8 nitrogen and oxygen atoms in total. The summed E-state index contributed by atoms with van der Waals surface area (Å²) in [4.78, 5) is 20.9. The molecule has 0 aliphatic heterocycles. The lowest BCUT2D eigenvalue weighted by molar-refractivity contribution is 0.102. The van der Waals surface area contributed by atoms with Crippen molar-refractivity contribution in [2.24, 2.45) is 0 Å². The smallest absolute Gasteiger partial charge is 0.258 e. The number of nitrogens with one attached hydrogen (secondary N) is 3. The van der Waals surface area contributed by atoms with Crippen LogP contribution in [-0.4, -0.2) is 43.0 Å². The number of carbonyl (C=O) groups is 1. The lowest BCUT2D eigenvalue weighted by Gasteiger charge is -2.14. The Bertz CT molecular complexity index is 1250. The van der Waals surface area contributed by atoms with E-state index in [1.165, 1.54) is 17.5 Å². The fourth-order valence-electron chi connectivity index (χ4n) is 2.73. The van der Waals surface area contributed by atoms with E-state index in [-0.39, 0.29) is 44.1 Å². The Morgan fingerprint density at radius 3 is 2.69 bits per heavy atom. The van der Waals surface area contributed by atoms with Gasteiger partial charge in [-0.2, -0.15) is 0 Å². The number of aromatic nitrogens is 2. The second-order valence-corrected chi connectivity index (χ2v) is 9.99. The van der Waals surface area contributed by atoms with Crippen LogP contribution in [0.3, 0.4) is 0 Å². The summed E-state index contributed by atoms with van der Waals surface area (Å²) in [5.41, 5.74) is 0.484. The number of thiophene rings is 1. The van der Waals surface area contributed by atoms with Gasteiger partial charge < -0.3 is 10.6 Å². The van der Waals surface area contributed by atoms with Crippen LogP contribution in [0.2, 0.25) is 10.0 Å². The van der Waals surface area contributed by atoms with E-state index < -0.39 is 28.9 Å². The third-order valence-corrected chi connectivity index (χ3v) is 7.25. The van der Waals surface area contributed by atoms with Crippen molar-refractivity contribution < 1.29 is 22.0 Å². The van der Waals surface area contributed by atoms with Crippen LogP contribution in [0.25, 0.3) is 10.2 Å². The largest absolute Gasteiger partial charge is 0.363 e. The van der Waals surface area contributed by atoms with Gasteiger partial charge in [0, 0.05) is 5.38 Å². The van der Waals surface area contributed by atoms with Crippen molar-refractivity contribution in [2.75, 3.05) is 27.7 Å². The normalized spacial score (nSPS) is 11.7. The minimum atomic E-state index is -3.62. The SMILES string of the molecule is CCCS(=O)(=O)Nc1ccc(Cl)c(NC(=O)c2csc3c(NCC(F)F)ncnc23)c1Cl. The van der Waals surface area contributed by atoms with Crippen LogP contribution in [0, 0.1) is 0 Å². The molecule has 32 heavy (non-hydrogen) atoms. The molecule has 3 rings (SSSR count). The second-order valence-electron chi connectivity index (χ2n) is 6.48. The van der Waals surface area contributed by atoms with E-state index in [0.29, 0.717) is 11.1 Å². The zero-order valence-corrected chi connectivity index (χ0v) is 19.6. The molecule has 0 saturated heterocycles. The topological polar surface area (TPSA) is 113 Å². The molecule has 0 spiro atoms. The van der Waals surface area contributed by atoms with Crippen molar-refractivity contribution in [3.63, 3.8) is 0 Å². The molecular weight excluding hydrogens is 507 g/mol. The Kier molecular flexibility index (Phi) is 7.70. The summed E-state index contributed by atoms with van der Waals surface area (Å²) >= 11 is 13.6. The number of hydrogen-bond acceptors (Lipinski definition) is 7. The van der Waals surface area contributed by atoms with Crippen molar-refractivity contribution in [3.8, 4) is 0 Å². The molecule has 1 amide bonds. The first-order valence-electron chi connectivity index (χ1n) is 9.17. The summed E-state index contributed by atoms with van der Waals surface area (Å²) in [6.07, 6.45) is -1.01. The number of rotatable bonds is 9. The molecule has 0 unspecified atom stereocenters. The number of alkyl halides is 2. The number of carbonyl (C=O) groups excluding carboxylic acids is 1. The zero-order valence-electron chi connectivity index (χ0n) is 16.5. The Labute approximate surface area is 196 Å². The van der Waals surface area contributed by atoms with Gasteiger partial charge in [0.05, 0.1) is 49.5 Å². The van der Waals surface area contributed by atoms with Gasteiger partial charge in [0.25, 0.3) is 12.3 Å². The molecule has 0 fully saturated rings. The Balaban J connectivity index is 1.90. The summed E-state index contributed by atoms with van der Waals surface area (Å²) in [5, 5.41) is 6.59. The quantitative estimate of drug-likeness (QED) is 0.360. The number of anilines is 3. The maximum Gasteiger partial charge on any atom is 0.258 e. The molecule has 0 saturated carbocycles. The standard InChI is InChI=1S/C18H17Cl2F2N5O3S2/c1-2-5-32(29,30)27-11-4-3-10(19)15(13(11)20)26-18(28)9-7-31-16-14(9)24-8-25-17(16)23-6-12(21)22/h3-4,7-8,12,27H,2,5-6H2,1H3,(H,26,28)(H,23,24,25). The predicted octanol–water partition coefficient (Wildman–Crippen LogP) is 5.08. The highest BCUT2D eigenvalue weighted by Crippen LogP contribution is 2.38. The van der Waals surface area contributed by atoms with E-state index in [4.69, 9.17) is 23.2 Å². The Hall–Kier alpha value is -2.28. The Morgan fingerprint density at radius 2 is 2.00 bits per heavy atom. The van der Waals surface area contributed by atoms with Crippen molar-refractivity contribution in [1.29, 1.82) is 0 Å². The highest BCUT2D eigenvalue weighted by atomic mass is 35.5. The number of amides is 1. The minimum absolute atomic E-state index is 0.0134. The zero-order chi connectivity index (χ0) is 23.5. The number of fused-ring (bicyclic) bond motifs is 1. The van der Waals surface area contributed by atoms with E-state index in [9.17, 15) is 22.0 Å². The van der Waals surface area contributed by atoms with Gasteiger partial charge in [-0.1, -0.05) is 30.1 Å². The first-order chi connectivity index (χ1) is 15.1. The lowest BCUT2D eigenvalue weighted by atomic mass is 10.2. The first-order valence-corrected chi connectivity index (χ1v) is 12.5. The van der Waals surface area contributed by atoms with Gasteiger partial charge in [-0.15, -0.1) is 11.3 Å². The van der Waals surface area contributed by atoms with E-state index in [0.717, 1.165) is 17.7 Å². The van der Waals surface area contributed by atoms with Crippen molar-refractivity contribution in [2.45, 2.75) is 19.8 Å². The average molecular weight is 524 g/mol. The van der Waals surface area contributed by atoms with Crippen LogP contribution in [0.15, 0.2) is 23.8 Å². The van der Waals surface area contributed by atoms with Crippen LogP contribution in [0.5, 0.6) is 0 Å². The number of nitrogens with zero attached hydrogens (tertiary/aromatic N) is 2. The lowest BCUT2D eigenvalue weighted by Crippen LogP contribution is -2.17. The van der Waals surface area contributed by atoms with E-state index in [1.54, 1.807) is 6.92 Å². The highest BCUT2D eigenvalue weighted by Gasteiger charge is 2.21. The van der Waals surface area contributed by atoms with Crippen molar-refractivity contribution in [1.82, 2.24) is 9.97 Å². The van der Waals surface area contributed by atoms with Gasteiger partial charge in [-0.25, -0.2) is 27.2 Å². The summed E-state index contributed by atoms with van der Waals surface area (Å²) in [7, 11) is -3.62. The van der Waals surface area contributed by atoms with Gasteiger partial charge in [-0.3, -0.25) is 9.52 Å². The van der Waals surface area contributed by atoms with Crippen LogP contribution < -0.4 is 15.4 Å². The molecule has 0 radical (unpaired) electrons. The fraction of sp³-hybridized carbons (Fsp3) is 0.278. The van der Waals surface area contributed by atoms with Crippen LogP contribution in [-0.2, 0) is 10.0 Å². The van der Waals surface area contributed by atoms with Crippen molar-refractivity contribution >= 4 is 77.9 Å². The summed E-state index contributed by atoms with van der Waals surface area (Å²) < 4.78 is 52.0. The molecular formula is C18H17Cl2F2N5O3S2. The number of halogens is 4. The predicted molar refractivity (Wildman–Crippen MR) is 124 cm³/mol. The molecule has 1 aromatic carbocycles. The van der Waals surface area contributed by atoms with Gasteiger partial charge in [0.2, 0.25) is 10.0 Å². The third kappa shape index (κ3) is 5.55. The third-order valence-electron chi connectivity index (χ3n) is 4.09. The molecule has 0 aliphatic carbocycles. The molecule has 2 heterocycles. The monoisotopic (exact) mass is 523 g/mol. The Morgan fingerprint density at radius 1 is 1.25 bits per heavy atom. The van der Waals surface area contributed by atoms with Gasteiger partial charge in [0.1, 0.15) is 12.1 Å². The molecule has 0 atom stereocenters. The second kappa shape index (κ2) is 10.1.